The molecule has 54 heavy (non-hydrogen) atoms. The molecule has 0 aliphatic heterocycles. The van der Waals surface area contributed by atoms with Crippen molar-refractivity contribution in [1.29, 1.82) is 0 Å². The Morgan fingerprint density at radius 1 is 0.852 bits per heavy atom. The van der Waals surface area contributed by atoms with Crippen LogP contribution in [0, 0.1) is 23.3 Å². The number of alkyl halides is 3. The second-order valence-electron chi connectivity index (χ2n) is 17.0. The van der Waals surface area contributed by atoms with Crippen molar-refractivity contribution < 1.29 is 43.2 Å². The summed E-state index contributed by atoms with van der Waals surface area (Å²) in [4.78, 5) is 16.6. The number of rotatable bonds is 12. The van der Waals surface area contributed by atoms with Crippen molar-refractivity contribution in [2.45, 2.75) is 123 Å². The van der Waals surface area contributed by atoms with Gasteiger partial charge in [0.05, 0.1) is 5.76 Å². The molecular formula is C46H61F3GeIrNO2-. The van der Waals surface area contributed by atoms with E-state index in [2.05, 4.69) is 74.4 Å². The number of halogens is 3. The Balaban J connectivity index is 0.000000536. The van der Waals surface area contributed by atoms with Crippen LogP contribution in [-0.4, -0.2) is 35.3 Å². The largest absolute Gasteiger partial charge is 0.512 e. The average molecular weight is 982 g/mol. The van der Waals surface area contributed by atoms with Gasteiger partial charge in [-0.15, -0.1) is 0 Å². The summed E-state index contributed by atoms with van der Waals surface area (Å²) in [6, 6.07) is 23.9. The van der Waals surface area contributed by atoms with Gasteiger partial charge in [0.2, 0.25) is 0 Å². The van der Waals surface area contributed by atoms with Gasteiger partial charge in [-0.25, -0.2) is 0 Å². The molecule has 3 nitrogen and oxygen atoms in total. The smallest absolute Gasteiger partial charge is 0.162 e. The number of hydrogen-bond donors (Lipinski definition) is 1. The fraction of sp³-hybridized carbons (Fsp3) is 0.478. The minimum atomic E-state index is -4.25. The molecule has 0 aliphatic rings. The average Bonchev–Trinajstić information content (AvgIpc) is 3.07. The van der Waals surface area contributed by atoms with Crippen molar-refractivity contribution in [3.05, 3.63) is 95.9 Å². The van der Waals surface area contributed by atoms with Crippen molar-refractivity contribution in [2.24, 2.45) is 17.3 Å². The van der Waals surface area contributed by atoms with Crippen molar-refractivity contribution in [2.75, 3.05) is 0 Å². The minimum Gasteiger partial charge on any atom is -0.512 e. The van der Waals surface area contributed by atoms with Gasteiger partial charge in [-0.1, -0.05) is 27.7 Å². The maximum absolute atomic E-state index is 13.4. The molecule has 4 rings (SSSR count). The number of pyridine rings is 1. The summed E-state index contributed by atoms with van der Waals surface area (Å²) in [5, 5.41) is 12.0. The Morgan fingerprint density at radius 3 is 1.91 bits per heavy atom. The zero-order valence-electron chi connectivity index (χ0n) is 34.4. The first kappa shape index (κ1) is 47.4. The Kier molecular flexibility index (Phi) is 17.0. The summed E-state index contributed by atoms with van der Waals surface area (Å²) in [5.74, 6) is 7.55. The maximum atomic E-state index is 13.4. The summed E-state index contributed by atoms with van der Waals surface area (Å²) < 4.78 is 41.6. The van der Waals surface area contributed by atoms with Crippen LogP contribution in [0.2, 0.25) is 17.3 Å². The maximum Gasteiger partial charge on any atom is 0.162 e. The van der Waals surface area contributed by atoms with E-state index in [1.165, 1.54) is 35.3 Å². The number of carbonyl (C=O) groups excluding carboxylic acids is 1. The van der Waals surface area contributed by atoms with Crippen molar-refractivity contribution in [3.8, 4) is 22.4 Å². The van der Waals surface area contributed by atoms with E-state index in [4.69, 9.17) is 4.98 Å². The van der Waals surface area contributed by atoms with Crippen LogP contribution in [0.3, 0.4) is 0 Å². The van der Waals surface area contributed by atoms with Crippen molar-refractivity contribution >= 4 is 34.2 Å². The molecule has 0 amide bonds. The first-order chi connectivity index (χ1) is 24.6. The zero-order valence-corrected chi connectivity index (χ0v) is 38.9. The normalized spacial score (nSPS) is 12.8. The predicted molar refractivity (Wildman–Crippen MR) is 221 cm³/mol. The Morgan fingerprint density at radius 2 is 1.41 bits per heavy atom. The third-order valence-electron chi connectivity index (χ3n) is 10.3. The van der Waals surface area contributed by atoms with Crippen LogP contribution >= 0.6 is 0 Å². The van der Waals surface area contributed by atoms with Gasteiger partial charge in [0, 0.05) is 38.0 Å². The van der Waals surface area contributed by atoms with Crippen LogP contribution in [0.25, 0.3) is 33.2 Å². The van der Waals surface area contributed by atoms with Gasteiger partial charge >= 0.3 is 228 Å². The third kappa shape index (κ3) is 12.1. The minimum absolute atomic E-state index is 0. The fourth-order valence-corrected chi connectivity index (χ4v) is 9.72. The monoisotopic (exact) mass is 983 g/mol. The summed E-state index contributed by atoms with van der Waals surface area (Å²) in [5.41, 5.74) is 4.03. The summed E-state index contributed by atoms with van der Waals surface area (Å²) in [7, 11) is 0. The van der Waals surface area contributed by atoms with Crippen molar-refractivity contribution in [1.82, 2.24) is 4.98 Å². The van der Waals surface area contributed by atoms with Gasteiger partial charge in [-0.2, -0.15) is 0 Å². The van der Waals surface area contributed by atoms with E-state index in [9.17, 15) is 23.1 Å². The number of fused-ring (bicyclic) bond motifs is 1. The molecule has 1 N–H and O–H groups in total. The summed E-state index contributed by atoms with van der Waals surface area (Å²) in [6.07, 6.45) is 2.62. The molecule has 0 bridgehead atoms. The quantitative estimate of drug-likeness (QED) is 0.0666. The molecule has 297 valence electrons. The van der Waals surface area contributed by atoms with E-state index < -0.39 is 24.9 Å². The number of aliphatic hydroxyl groups is 1. The molecule has 0 saturated heterocycles. The summed E-state index contributed by atoms with van der Waals surface area (Å²) in [6.45, 7) is 17.2. The zero-order chi connectivity index (χ0) is 39.9. The molecule has 3 aromatic carbocycles. The molecule has 0 aliphatic carbocycles. The fourth-order valence-electron chi connectivity index (χ4n) is 6.62. The van der Waals surface area contributed by atoms with Crippen LogP contribution in [0.5, 0.6) is 0 Å². The van der Waals surface area contributed by atoms with E-state index in [1.54, 1.807) is 0 Å². The van der Waals surface area contributed by atoms with E-state index in [1.807, 2.05) is 64.2 Å². The molecule has 0 unspecified atom stereocenters. The van der Waals surface area contributed by atoms with E-state index in [0.29, 0.717) is 5.56 Å². The molecule has 0 saturated carbocycles. The second kappa shape index (κ2) is 19.4. The number of ketones is 1. The molecule has 8 heteroatoms. The Hall–Kier alpha value is -2.74. The van der Waals surface area contributed by atoms with Crippen molar-refractivity contribution in [3.63, 3.8) is 0 Å². The predicted octanol–water partition coefficient (Wildman–Crippen LogP) is 13.2. The van der Waals surface area contributed by atoms with Gasteiger partial charge in [-0.05, 0) is 25.7 Å². The number of aliphatic hydroxyl groups excluding tert-OH is 1. The van der Waals surface area contributed by atoms with Crippen LogP contribution < -0.4 is 4.40 Å². The first-order valence-electron chi connectivity index (χ1n) is 19.1. The van der Waals surface area contributed by atoms with E-state index in [0.717, 1.165) is 53.5 Å². The van der Waals surface area contributed by atoms with E-state index in [-0.39, 0.29) is 55.3 Å². The number of allylic oxidation sites excluding steroid dienone is 2. The summed E-state index contributed by atoms with van der Waals surface area (Å²) >= 11 is -2.33. The number of aromatic nitrogens is 1. The first-order valence-corrected chi connectivity index (χ1v) is 26.5. The van der Waals surface area contributed by atoms with Crippen LogP contribution in [0.4, 0.5) is 13.2 Å². The van der Waals surface area contributed by atoms with Crippen LogP contribution in [0.1, 0.15) is 99.1 Å². The van der Waals surface area contributed by atoms with Crippen LogP contribution in [0.15, 0.2) is 78.7 Å². The van der Waals surface area contributed by atoms with Crippen LogP contribution in [-0.2, 0) is 36.7 Å². The van der Waals surface area contributed by atoms with Gasteiger partial charge in [0.25, 0.3) is 0 Å². The molecule has 1 aromatic heterocycles. The number of benzene rings is 3. The number of nitrogens with zero attached hydrogens (tertiary/aromatic N) is 1. The van der Waals surface area contributed by atoms with Gasteiger partial charge in [0.15, 0.2) is 5.78 Å². The number of carbonyl (C=O) groups is 1. The molecule has 0 atom stereocenters. The molecule has 1 heterocycles. The van der Waals surface area contributed by atoms with Gasteiger partial charge in [0.1, 0.15) is 0 Å². The standard InChI is InChI=1S/C33H37F3GeN.C13H24O2.Ir/c1-31(2,3)28-18-25(17-24-11-9-10-12-26(24)28)30-19-27(29(21-38-30)37(6,7)8)23-15-13-22(14-16-23)20-32(4,5)33(34,35)36;1-5-10(6-2)12(14)9-13(15)11(7-3)8-4;/h9-16,18-19,21H,20H2,1-8H3;9-11,14H,5-8H2,1-4H3;/q-1;;/b;12-9-;. The van der Waals surface area contributed by atoms with Gasteiger partial charge in [-0.3, -0.25) is 4.79 Å². The number of hydrogen-bond acceptors (Lipinski definition) is 3. The molecule has 0 fully saturated rings. The third-order valence-corrected chi connectivity index (χ3v) is 14.6. The Labute approximate surface area is 339 Å². The molecular weight excluding hydrogens is 920 g/mol. The topological polar surface area (TPSA) is 50.2 Å². The SMILES string of the molecule is CC(C)(C)c1cc(-c2cc(-c3ccc(CC(C)(C)C(F)(F)F)cc3)[c]([Ge]([CH3])([CH3])[CH3])cn2)[c-]c2ccccc12.CCC(CC)C(=O)/C=C(\O)C(CC)CC.[Ir]. The van der Waals surface area contributed by atoms with Gasteiger partial charge < -0.3 is 5.11 Å². The molecule has 4 aromatic rings. The molecule has 0 spiro atoms. The second-order valence-corrected chi connectivity index (χ2v) is 27.6. The van der Waals surface area contributed by atoms with E-state index >= 15 is 0 Å². The Bertz CT molecular complexity index is 1860. The molecule has 1 radical (unpaired) electrons.